The molecule has 3 rings (SSSR count). The molecule has 4 heteroatoms. The summed E-state index contributed by atoms with van der Waals surface area (Å²) in [5, 5.41) is 3.42. The predicted molar refractivity (Wildman–Crippen MR) is 59.9 cm³/mol. The molecular weight excluding hydrogens is 204 g/mol. The summed E-state index contributed by atoms with van der Waals surface area (Å²) >= 11 is 0. The van der Waals surface area contributed by atoms with Crippen molar-refractivity contribution in [1.82, 2.24) is 10.2 Å². The summed E-state index contributed by atoms with van der Waals surface area (Å²) in [7, 11) is 1.77. The average Bonchev–Trinajstić information content (AvgIpc) is 2.93. The standard InChI is InChI=1S/C12H20N2O2/c1-9-13-12(6-7-12)10(15)14(9)8-11(16-2)4-3-5-11/h9,13H,3-8H2,1-2H3. The van der Waals surface area contributed by atoms with E-state index in [1.54, 1.807) is 7.11 Å². The van der Waals surface area contributed by atoms with Gasteiger partial charge in [-0.1, -0.05) is 0 Å². The number of ether oxygens (including phenoxy) is 1. The first kappa shape index (κ1) is 10.5. The van der Waals surface area contributed by atoms with Gasteiger partial charge in [-0.15, -0.1) is 0 Å². The molecule has 2 aliphatic carbocycles. The van der Waals surface area contributed by atoms with Crippen molar-refractivity contribution in [1.29, 1.82) is 0 Å². The lowest BCUT2D eigenvalue weighted by molar-refractivity contribution is -0.140. The van der Waals surface area contributed by atoms with E-state index < -0.39 is 0 Å². The zero-order valence-corrected chi connectivity index (χ0v) is 10.1. The number of hydrogen-bond acceptors (Lipinski definition) is 3. The van der Waals surface area contributed by atoms with Gasteiger partial charge < -0.3 is 9.64 Å². The Kier molecular flexibility index (Phi) is 2.11. The number of methoxy groups -OCH3 is 1. The van der Waals surface area contributed by atoms with Crippen LogP contribution in [0.4, 0.5) is 0 Å². The highest BCUT2D eigenvalue weighted by molar-refractivity contribution is 5.91. The quantitative estimate of drug-likeness (QED) is 0.773. The van der Waals surface area contributed by atoms with E-state index in [0.29, 0.717) is 5.91 Å². The largest absolute Gasteiger partial charge is 0.376 e. The summed E-state index contributed by atoms with van der Waals surface area (Å²) in [6.45, 7) is 2.84. The van der Waals surface area contributed by atoms with Crippen molar-refractivity contribution in [2.24, 2.45) is 0 Å². The van der Waals surface area contributed by atoms with Gasteiger partial charge in [0.15, 0.2) is 0 Å². The van der Waals surface area contributed by atoms with Crippen LogP contribution < -0.4 is 5.32 Å². The zero-order chi connectivity index (χ0) is 11.4. The molecule has 1 aliphatic heterocycles. The molecule has 0 aromatic rings. The monoisotopic (exact) mass is 224 g/mol. The van der Waals surface area contributed by atoms with Crippen molar-refractivity contribution in [2.75, 3.05) is 13.7 Å². The minimum Gasteiger partial charge on any atom is -0.376 e. The van der Waals surface area contributed by atoms with Gasteiger partial charge in [-0.3, -0.25) is 10.1 Å². The topological polar surface area (TPSA) is 41.6 Å². The van der Waals surface area contributed by atoms with Gasteiger partial charge in [0.2, 0.25) is 5.91 Å². The minimum atomic E-state index is -0.182. The summed E-state index contributed by atoms with van der Waals surface area (Å²) in [5.41, 5.74) is -0.232. The second-order valence-electron chi connectivity index (χ2n) is 5.58. The summed E-state index contributed by atoms with van der Waals surface area (Å²) in [5.74, 6) is 0.295. The molecule has 1 N–H and O–H groups in total. The van der Waals surface area contributed by atoms with Crippen LogP contribution in [-0.4, -0.2) is 41.8 Å². The first-order valence-electron chi connectivity index (χ1n) is 6.25. The van der Waals surface area contributed by atoms with E-state index in [-0.39, 0.29) is 17.3 Å². The van der Waals surface area contributed by atoms with Crippen LogP contribution in [-0.2, 0) is 9.53 Å². The Morgan fingerprint density at radius 2 is 2.12 bits per heavy atom. The van der Waals surface area contributed by atoms with Crippen LogP contribution in [0, 0.1) is 0 Å². The van der Waals surface area contributed by atoms with Gasteiger partial charge in [0.25, 0.3) is 0 Å². The number of hydrogen-bond donors (Lipinski definition) is 1. The fraction of sp³-hybridized carbons (Fsp3) is 0.917. The molecule has 1 spiro atoms. The first-order valence-corrected chi connectivity index (χ1v) is 6.25. The SMILES string of the molecule is COC1(CN2C(=O)C3(CC3)NC2C)CCC1. The van der Waals surface area contributed by atoms with Crippen molar-refractivity contribution in [2.45, 2.75) is 56.3 Å². The Morgan fingerprint density at radius 3 is 2.50 bits per heavy atom. The maximum Gasteiger partial charge on any atom is 0.244 e. The van der Waals surface area contributed by atoms with Crippen molar-refractivity contribution in [3.8, 4) is 0 Å². The molecule has 3 aliphatic rings. The number of nitrogens with zero attached hydrogens (tertiary/aromatic N) is 1. The highest BCUT2D eigenvalue weighted by atomic mass is 16.5. The molecule has 0 aromatic carbocycles. The van der Waals surface area contributed by atoms with Gasteiger partial charge in [0, 0.05) is 7.11 Å². The number of rotatable bonds is 3. The van der Waals surface area contributed by atoms with Gasteiger partial charge in [0.1, 0.15) is 0 Å². The average molecular weight is 224 g/mol. The smallest absolute Gasteiger partial charge is 0.244 e. The Morgan fingerprint density at radius 1 is 1.44 bits per heavy atom. The van der Waals surface area contributed by atoms with Crippen LogP contribution in [0.25, 0.3) is 0 Å². The number of carbonyl (C=O) groups is 1. The molecule has 0 aromatic heterocycles. The van der Waals surface area contributed by atoms with Crippen LogP contribution in [0.3, 0.4) is 0 Å². The summed E-state index contributed by atoms with van der Waals surface area (Å²) in [6.07, 6.45) is 5.59. The zero-order valence-electron chi connectivity index (χ0n) is 10.1. The molecule has 90 valence electrons. The highest BCUT2D eigenvalue weighted by Gasteiger charge is 2.59. The Balaban J connectivity index is 1.72. The Bertz CT molecular complexity index is 315. The van der Waals surface area contributed by atoms with Gasteiger partial charge in [0.05, 0.1) is 23.9 Å². The molecule has 0 bridgehead atoms. The third-order valence-corrected chi connectivity index (χ3v) is 4.53. The molecule has 3 fully saturated rings. The lowest BCUT2D eigenvalue weighted by atomic mass is 9.79. The third-order valence-electron chi connectivity index (χ3n) is 4.53. The van der Waals surface area contributed by atoms with E-state index in [0.717, 1.165) is 32.2 Å². The van der Waals surface area contributed by atoms with Crippen molar-refractivity contribution < 1.29 is 9.53 Å². The molecular formula is C12H20N2O2. The second-order valence-corrected chi connectivity index (χ2v) is 5.58. The van der Waals surface area contributed by atoms with E-state index in [9.17, 15) is 4.79 Å². The van der Waals surface area contributed by atoms with Gasteiger partial charge >= 0.3 is 0 Å². The molecule has 0 radical (unpaired) electrons. The van der Waals surface area contributed by atoms with Crippen LogP contribution in [0.1, 0.15) is 39.0 Å². The van der Waals surface area contributed by atoms with E-state index in [2.05, 4.69) is 12.2 Å². The van der Waals surface area contributed by atoms with E-state index in [1.807, 2.05) is 4.90 Å². The summed E-state index contributed by atoms with van der Waals surface area (Å²) < 4.78 is 5.60. The molecule has 1 atom stereocenters. The number of nitrogens with one attached hydrogen (secondary N) is 1. The molecule has 16 heavy (non-hydrogen) atoms. The molecule has 1 saturated heterocycles. The molecule has 1 heterocycles. The predicted octanol–water partition coefficient (Wildman–Crippen LogP) is 0.866. The second kappa shape index (κ2) is 3.20. The van der Waals surface area contributed by atoms with Crippen LogP contribution in [0.5, 0.6) is 0 Å². The van der Waals surface area contributed by atoms with E-state index in [4.69, 9.17) is 4.74 Å². The van der Waals surface area contributed by atoms with E-state index >= 15 is 0 Å². The Hall–Kier alpha value is -0.610. The summed E-state index contributed by atoms with van der Waals surface area (Å²) in [6, 6.07) is 0. The normalized spacial score (nSPS) is 34.2. The molecule has 4 nitrogen and oxygen atoms in total. The molecule has 1 amide bonds. The van der Waals surface area contributed by atoms with Crippen molar-refractivity contribution >= 4 is 5.91 Å². The lowest BCUT2D eigenvalue weighted by Gasteiger charge is -2.43. The van der Waals surface area contributed by atoms with Crippen molar-refractivity contribution in [3.63, 3.8) is 0 Å². The number of amides is 1. The summed E-state index contributed by atoms with van der Waals surface area (Å²) in [4.78, 5) is 14.2. The maximum absolute atomic E-state index is 12.2. The van der Waals surface area contributed by atoms with Gasteiger partial charge in [-0.05, 0) is 39.0 Å². The van der Waals surface area contributed by atoms with Crippen molar-refractivity contribution in [3.05, 3.63) is 0 Å². The third kappa shape index (κ3) is 1.32. The van der Waals surface area contributed by atoms with Crippen LogP contribution in [0.2, 0.25) is 0 Å². The van der Waals surface area contributed by atoms with E-state index in [1.165, 1.54) is 6.42 Å². The highest BCUT2D eigenvalue weighted by Crippen LogP contribution is 2.44. The fourth-order valence-electron chi connectivity index (χ4n) is 2.99. The Labute approximate surface area is 96.3 Å². The van der Waals surface area contributed by atoms with Gasteiger partial charge in [-0.25, -0.2) is 0 Å². The lowest BCUT2D eigenvalue weighted by Crippen LogP contribution is -2.52. The molecule has 2 saturated carbocycles. The molecule has 1 unspecified atom stereocenters. The minimum absolute atomic E-state index is 0.0496. The van der Waals surface area contributed by atoms with Gasteiger partial charge in [-0.2, -0.15) is 0 Å². The first-order chi connectivity index (χ1) is 7.61. The number of carbonyl (C=O) groups excluding carboxylic acids is 1. The fourth-order valence-corrected chi connectivity index (χ4v) is 2.99. The van der Waals surface area contributed by atoms with Crippen LogP contribution >= 0.6 is 0 Å². The maximum atomic E-state index is 12.2. The van der Waals surface area contributed by atoms with Crippen LogP contribution in [0.15, 0.2) is 0 Å².